The van der Waals surface area contributed by atoms with Crippen molar-refractivity contribution in [1.82, 2.24) is 5.32 Å². The van der Waals surface area contributed by atoms with Gasteiger partial charge in [-0.05, 0) is 32.9 Å². The molecule has 21 heavy (non-hydrogen) atoms. The Morgan fingerprint density at radius 3 is 2.71 bits per heavy atom. The number of hydrogen-bond acceptors (Lipinski definition) is 3. The average Bonchev–Trinajstić information content (AvgIpc) is 2.37. The Balaban J connectivity index is 4.08. The first-order valence-corrected chi connectivity index (χ1v) is 6.67. The molecule has 0 unspecified atom stereocenters. The number of amidine groups is 1. The van der Waals surface area contributed by atoms with Crippen LogP contribution in [0.3, 0.4) is 0 Å². The van der Waals surface area contributed by atoms with Crippen molar-refractivity contribution in [2.75, 3.05) is 6.54 Å². The number of carbonyl (C=O) groups excluding carboxylic acids is 1. The average molecular weight is 289 g/mol. The number of allylic oxidation sites excluding steroid dienone is 3. The molecule has 0 saturated heterocycles. The summed E-state index contributed by atoms with van der Waals surface area (Å²) in [6.07, 6.45) is 4.98. The predicted octanol–water partition coefficient (Wildman–Crippen LogP) is 3.08. The Morgan fingerprint density at radius 2 is 2.14 bits per heavy atom. The second-order valence-electron chi connectivity index (χ2n) is 5.12. The van der Waals surface area contributed by atoms with Crippen LogP contribution in [0.1, 0.15) is 34.1 Å². The Morgan fingerprint density at radius 1 is 1.48 bits per heavy atom. The molecule has 0 spiro atoms. The fourth-order valence-corrected chi connectivity index (χ4v) is 1.01. The minimum absolute atomic E-state index is 0.191. The van der Waals surface area contributed by atoms with Crippen molar-refractivity contribution < 1.29 is 9.53 Å². The monoisotopic (exact) mass is 289 g/mol. The molecular weight excluding hydrogens is 266 g/mol. The summed E-state index contributed by atoms with van der Waals surface area (Å²) in [5.41, 5.74) is 0.0746. The molecule has 5 nitrogen and oxygen atoms in total. The second-order valence-corrected chi connectivity index (χ2v) is 5.12. The maximum Gasteiger partial charge on any atom is 0.408 e. The van der Waals surface area contributed by atoms with Gasteiger partial charge in [0.1, 0.15) is 11.4 Å². The quantitative estimate of drug-likeness (QED) is 0.361. The molecular formula is C16H23N3O2. The topological polar surface area (TPSA) is 74.5 Å². The Kier molecular flexibility index (Phi) is 8.47. The van der Waals surface area contributed by atoms with Crippen LogP contribution in [0.15, 0.2) is 29.3 Å². The summed E-state index contributed by atoms with van der Waals surface area (Å²) in [7, 11) is 0. The molecule has 0 aliphatic carbocycles. The summed E-state index contributed by atoms with van der Waals surface area (Å²) in [6, 6.07) is 0. The largest absolute Gasteiger partial charge is 0.444 e. The van der Waals surface area contributed by atoms with E-state index >= 15 is 0 Å². The van der Waals surface area contributed by atoms with Crippen LogP contribution in [0.5, 0.6) is 0 Å². The van der Waals surface area contributed by atoms with E-state index in [0.717, 1.165) is 0 Å². The number of alkyl carbamates (subject to hydrolysis) is 1. The van der Waals surface area contributed by atoms with Crippen LogP contribution in [-0.4, -0.2) is 30.3 Å². The molecule has 0 aromatic rings. The molecule has 0 heterocycles. The van der Waals surface area contributed by atoms with E-state index in [9.17, 15) is 4.79 Å². The van der Waals surface area contributed by atoms with Crippen LogP contribution >= 0.6 is 0 Å². The van der Waals surface area contributed by atoms with E-state index in [-0.39, 0.29) is 6.54 Å². The highest BCUT2D eigenvalue weighted by molar-refractivity contribution is 5.90. The number of nitrogens with one attached hydrogen (secondary N) is 2. The van der Waals surface area contributed by atoms with Gasteiger partial charge in [-0.15, -0.1) is 0 Å². The number of amides is 1. The third-order valence-corrected chi connectivity index (χ3v) is 1.92. The van der Waals surface area contributed by atoms with Gasteiger partial charge in [-0.25, -0.2) is 9.79 Å². The lowest BCUT2D eigenvalue weighted by Crippen LogP contribution is -2.32. The Labute approximate surface area is 126 Å². The highest BCUT2D eigenvalue weighted by Crippen LogP contribution is 2.05. The SMILES string of the molecule is C=C(C#CCNC(=O)OC(C)(C)C)/C=C\C=NC(=N)CC. The van der Waals surface area contributed by atoms with Crippen molar-refractivity contribution in [1.29, 1.82) is 5.41 Å². The number of rotatable bonds is 4. The zero-order chi connectivity index (χ0) is 16.3. The number of hydrogen-bond donors (Lipinski definition) is 2. The molecule has 2 N–H and O–H groups in total. The zero-order valence-corrected chi connectivity index (χ0v) is 13.1. The van der Waals surface area contributed by atoms with Crippen molar-refractivity contribution in [3.8, 4) is 11.8 Å². The van der Waals surface area contributed by atoms with Gasteiger partial charge < -0.3 is 10.1 Å². The van der Waals surface area contributed by atoms with Crippen molar-refractivity contribution in [2.24, 2.45) is 4.99 Å². The highest BCUT2D eigenvalue weighted by Gasteiger charge is 2.14. The van der Waals surface area contributed by atoms with Gasteiger partial charge in [0.15, 0.2) is 0 Å². The summed E-state index contributed by atoms with van der Waals surface area (Å²) in [5.74, 6) is 5.87. The molecule has 114 valence electrons. The maximum absolute atomic E-state index is 11.3. The van der Waals surface area contributed by atoms with Crippen LogP contribution in [-0.2, 0) is 4.74 Å². The lowest BCUT2D eigenvalue weighted by molar-refractivity contribution is 0.0535. The second kappa shape index (κ2) is 9.54. The Hall–Kier alpha value is -2.35. The molecule has 1 amide bonds. The first kappa shape index (κ1) is 18.7. The van der Waals surface area contributed by atoms with Gasteiger partial charge in [-0.3, -0.25) is 5.41 Å². The van der Waals surface area contributed by atoms with Gasteiger partial charge in [-0.1, -0.05) is 25.3 Å². The third-order valence-electron chi connectivity index (χ3n) is 1.92. The zero-order valence-electron chi connectivity index (χ0n) is 13.1. The fraction of sp³-hybridized carbons (Fsp3) is 0.438. The van der Waals surface area contributed by atoms with E-state index in [1.165, 1.54) is 6.21 Å². The molecule has 0 aromatic heterocycles. The van der Waals surface area contributed by atoms with Gasteiger partial charge >= 0.3 is 6.09 Å². The van der Waals surface area contributed by atoms with Gasteiger partial charge in [-0.2, -0.15) is 0 Å². The molecule has 0 aliphatic heterocycles. The van der Waals surface area contributed by atoms with E-state index in [4.69, 9.17) is 10.1 Å². The summed E-state index contributed by atoms with van der Waals surface area (Å²) in [5, 5.41) is 9.86. The van der Waals surface area contributed by atoms with Crippen molar-refractivity contribution in [3.05, 3.63) is 24.3 Å². The van der Waals surface area contributed by atoms with Crippen LogP contribution in [0, 0.1) is 17.3 Å². The minimum Gasteiger partial charge on any atom is -0.444 e. The van der Waals surface area contributed by atoms with E-state index in [2.05, 4.69) is 28.7 Å². The number of aliphatic imine (C=N–C) groups is 1. The van der Waals surface area contributed by atoms with Gasteiger partial charge in [0.05, 0.1) is 6.54 Å². The van der Waals surface area contributed by atoms with Crippen molar-refractivity contribution in [3.63, 3.8) is 0 Å². The molecule has 0 aromatic carbocycles. The van der Waals surface area contributed by atoms with Crippen molar-refractivity contribution in [2.45, 2.75) is 39.7 Å². The van der Waals surface area contributed by atoms with E-state index in [1.54, 1.807) is 32.9 Å². The van der Waals surface area contributed by atoms with E-state index in [0.29, 0.717) is 17.8 Å². The van der Waals surface area contributed by atoms with Gasteiger partial charge in [0, 0.05) is 18.2 Å². The van der Waals surface area contributed by atoms with Crippen LogP contribution in [0.2, 0.25) is 0 Å². The van der Waals surface area contributed by atoms with Crippen LogP contribution < -0.4 is 5.32 Å². The molecule has 0 atom stereocenters. The van der Waals surface area contributed by atoms with Gasteiger partial charge in [0.25, 0.3) is 0 Å². The molecule has 5 heteroatoms. The first-order valence-electron chi connectivity index (χ1n) is 6.67. The van der Waals surface area contributed by atoms with Gasteiger partial charge in [0.2, 0.25) is 0 Å². The summed E-state index contributed by atoms with van der Waals surface area (Å²) in [6.45, 7) is 11.2. The highest BCUT2D eigenvalue weighted by atomic mass is 16.6. The Bertz CT molecular complexity index is 500. The lowest BCUT2D eigenvalue weighted by Gasteiger charge is -2.18. The number of ether oxygens (including phenoxy) is 1. The summed E-state index contributed by atoms with van der Waals surface area (Å²) >= 11 is 0. The third kappa shape index (κ3) is 12.4. The molecule has 0 saturated carbocycles. The molecule has 0 bridgehead atoms. The molecule has 0 fully saturated rings. The minimum atomic E-state index is -0.518. The summed E-state index contributed by atoms with van der Waals surface area (Å²) < 4.78 is 5.07. The summed E-state index contributed by atoms with van der Waals surface area (Å²) in [4.78, 5) is 15.2. The first-order chi connectivity index (χ1) is 9.74. The van der Waals surface area contributed by atoms with E-state index < -0.39 is 11.7 Å². The van der Waals surface area contributed by atoms with Crippen molar-refractivity contribution >= 4 is 18.1 Å². The number of carbonyl (C=O) groups is 1. The standard InChI is InChI=1S/C16H23N3O2/c1-6-14(17)18-11-7-9-13(2)10-8-12-19-15(20)21-16(3,4)5/h7,9,11,17H,2,6,12H2,1,3-5H3,(H,19,20)/b9-7-,17-14?,18-11?. The van der Waals surface area contributed by atoms with Crippen LogP contribution in [0.25, 0.3) is 0 Å². The lowest BCUT2D eigenvalue weighted by atomic mass is 10.2. The maximum atomic E-state index is 11.3. The molecule has 0 rings (SSSR count). The normalized spacial score (nSPS) is 11.0. The molecule has 0 aliphatic rings. The van der Waals surface area contributed by atoms with E-state index in [1.807, 2.05) is 6.92 Å². The molecule has 0 radical (unpaired) electrons. The smallest absolute Gasteiger partial charge is 0.408 e. The predicted molar refractivity (Wildman–Crippen MR) is 86.8 cm³/mol. The fourth-order valence-electron chi connectivity index (χ4n) is 1.01. The van der Waals surface area contributed by atoms with Crippen LogP contribution in [0.4, 0.5) is 4.79 Å². The number of nitrogens with zero attached hydrogens (tertiary/aromatic N) is 1.